The topological polar surface area (TPSA) is 34.4 Å². The molecular formula is C17H16ClNO2. The molecule has 1 N–H and O–H groups in total. The highest BCUT2D eigenvalue weighted by Crippen LogP contribution is 2.32. The lowest BCUT2D eigenvalue weighted by molar-refractivity contribution is 0.273. The Bertz CT molecular complexity index is 765. The van der Waals surface area contributed by atoms with Crippen molar-refractivity contribution in [2.45, 2.75) is 13.2 Å². The number of rotatable bonds is 4. The highest BCUT2D eigenvalue weighted by atomic mass is 35.5. The van der Waals surface area contributed by atoms with Gasteiger partial charge in [0.25, 0.3) is 0 Å². The van der Waals surface area contributed by atoms with Crippen LogP contribution in [0.1, 0.15) is 11.3 Å². The Morgan fingerprint density at radius 3 is 2.62 bits per heavy atom. The van der Waals surface area contributed by atoms with Crippen molar-refractivity contribution < 1.29 is 9.84 Å². The maximum absolute atomic E-state index is 9.39. The zero-order valence-electron chi connectivity index (χ0n) is 11.7. The van der Waals surface area contributed by atoms with Crippen LogP contribution in [0.15, 0.2) is 48.5 Å². The summed E-state index contributed by atoms with van der Waals surface area (Å²) in [5.74, 6) is 0.733. The van der Waals surface area contributed by atoms with E-state index in [1.54, 1.807) is 0 Å². The highest BCUT2D eigenvalue weighted by Gasteiger charge is 2.11. The highest BCUT2D eigenvalue weighted by molar-refractivity contribution is 6.31. The van der Waals surface area contributed by atoms with Gasteiger partial charge in [-0.15, -0.1) is 0 Å². The second-order valence-corrected chi connectivity index (χ2v) is 5.40. The molecule has 3 nitrogen and oxygen atoms in total. The van der Waals surface area contributed by atoms with Crippen LogP contribution in [0.25, 0.3) is 10.9 Å². The van der Waals surface area contributed by atoms with Crippen LogP contribution in [0.2, 0.25) is 5.02 Å². The van der Waals surface area contributed by atoms with E-state index in [4.69, 9.17) is 16.3 Å². The quantitative estimate of drug-likeness (QED) is 0.793. The number of aliphatic hydroxyl groups is 1. The van der Waals surface area contributed by atoms with Gasteiger partial charge in [0, 0.05) is 23.2 Å². The molecule has 0 bridgehead atoms. The first kappa shape index (κ1) is 14.0. The Morgan fingerprint density at radius 2 is 1.90 bits per heavy atom. The Labute approximate surface area is 128 Å². The number of hydrogen-bond acceptors (Lipinski definition) is 2. The first-order valence-electron chi connectivity index (χ1n) is 6.74. The molecule has 0 saturated carbocycles. The van der Waals surface area contributed by atoms with Crippen LogP contribution in [0, 0.1) is 0 Å². The zero-order valence-corrected chi connectivity index (χ0v) is 12.5. The summed E-state index contributed by atoms with van der Waals surface area (Å²) in [6.45, 7) is 0.473. The monoisotopic (exact) mass is 301 g/mol. The van der Waals surface area contributed by atoms with E-state index in [-0.39, 0.29) is 6.61 Å². The summed E-state index contributed by atoms with van der Waals surface area (Å²) in [6, 6.07) is 15.6. The van der Waals surface area contributed by atoms with E-state index in [0.29, 0.717) is 11.6 Å². The van der Waals surface area contributed by atoms with Crippen LogP contribution in [0.5, 0.6) is 5.75 Å². The van der Waals surface area contributed by atoms with E-state index in [0.717, 1.165) is 27.9 Å². The number of hydrogen-bond donors (Lipinski definition) is 1. The smallest absolute Gasteiger partial charge is 0.130 e. The summed E-state index contributed by atoms with van der Waals surface area (Å²) in [6.07, 6.45) is 0. The Kier molecular flexibility index (Phi) is 3.86. The predicted molar refractivity (Wildman–Crippen MR) is 84.6 cm³/mol. The van der Waals surface area contributed by atoms with Crippen LogP contribution < -0.4 is 4.74 Å². The molecule has 108 valence electrons. The van der Waals surface area contributed by atoms with Crippen LogP contribution in [-0.4, -0.2) is 9.67 Å². The minimum absolute atomic E-state index is 0.0130. The lowest BCUT2D eigenvalue weighted by atomic mass is 10.2. The summed E-state index contributed by atoms with van der Waals surface area (Å²) in [4.78, 5) is 0. The number of fused-ring (bicyclic) bond motifs is 1. The van der Waals surface area contributed by atoms with Crippen LogP contribution in [0.4, 0.5) is 0 Å². The summed E-state index contributed by atoms with van der Waals surface area (Å²) in [5.41, 5.74) is 2.88. The third kappa shape index (κ3) is 2.75. The van der Waals surface area contributed by atoms with Gasteiger partial charge in [-0.25, -0.2) is 0 Å². The fourth-order valence-electron chi connectivity index (χ4n) is 2.43. The minimum Gasteiger partial charge on any atom is -0.488 e. The molecule has 3 aromatic rings. The first-order chi connectivity index (χ1) is 10.2. The van der Waals surface area contributed by atoms with Crippen LogP contribution in [-0.2, 0) is 20.3 Å². The molecule has 1 aromatic heterocycles. The largest absolute Gasteiger partial charge is 0.488 e. The number of aliphatic hydroxyl groups excluding tert-OH is 1. The number of ether oxygens (including phenoxy) is 1. The second-order valence-electron chi connectivity index (χ2n) is 4.96. The Morgan fingerprint density at radius 1 is 1.14 bits per heavy atom. The molecule has 0 aliphatic heterocycles. The van der Waals surface area contributed by atoms with Crippen molar-refractivity contribution in [2.75, 3.05) is 0 Å². The van der Waals surface area contributed by atoms with E-state index in [2.05, 4.69) is 0 Å². The summed E-state index contributed by atoms with van der Waals surface area (Å²) >= 11 is 6.17. The lowest BCUT2D eigenvalue weighted by Gasteiger charge is -2.09. The second kappa shape index (κ2) is 5.80. The van der Waals surface area contributed by atoms with Crippen molar-refractivity contribution in [3.05, 3.63) is 64.8 Å². The molecule has 0 spiro atoms. The number of halogens is 1. The molecule has 0 aliphatic rings. The van der Waals surface area contributed by atoms with Crippen LogP contribution >= 0.6 is 11.6 Å². The average Bonchev–Trinajstić information content (AvgIpc) is 2.82. The maximum atomic E-state index is 9.39. The normalized spacial score (nSPS) is 11.0. The van der Waals surface area contributed by atoms with E-state index in [9.17, 15) is 5.11 Å². The van der Waals surface area contributed by atoms with E-state index in [1.165, 1.54) is 0 Å². The Hall–Kier alpha value is -1.97. The maximum Gasteiger partial charge on any atom is 0.130 e. The van der Waals surface area contributed by atoms with Crippen molar-refractivity contribution in [1.29, 1.82) is 0 Å². The van der Waals surface area contributed by atoms with Crippen LogP contribution in [0.3, 0.4) is 0 Å². The zero-order chi connectivity index (χ0) is 14.8. The van der Waals surface area contributed by atoms with Crippen molar-refractivity contribution in [3.63, 3.8) is 0 Å². The minimum atomic E-state index is -0.0130. The van der Waals surface area contributed by atoms with Crippen molar-refractivity contribution >= 4 is 22.5 Å². The third-order valence-corrected chi connectivity index (χ3v) is 3.81. The predicted octanol–water partition coefficient (Wildman–Crippen LogP) is 3.90. The fourth-order valence-corrected chi connectivity index (χ4v) is 2.63. The molecule has 3 rings (SSSR count). The molecule has 0 unspecified atom stereocenters. The van der Waals surface area contributed by atoms with Gasteiger partial charge in [0.1, 0.15) is 12.4 Å². The summed E-state index contributed by atoms with van der Waals surface area (Å²) in [5, 5.41) is 11.0. The fraction of sp³-hybridized carbons (Fsp3) is 0.176. The molecule has 21 heavy (non-hydrogen) atoms. The lowest BCUT2D eigenvalue weighted by Crippen LogP contribution is -1.96. The SMILES string of the molecule is Cn1c(CO)cc2c(OCc3ccccc3)cc(Cl)cc21. The van der Waals surface area contributed by atoms with E-state index >= 15 is 0 Å². The molecule has 0 aliphatic carbocycles. The third-order valence-electron chi connectivity index (χ3n) is 3.59. The number of aryl methyl sites for hydroxylation is 1. The molecule has 4 heteroatoms. The molecular weight excluding hydrogens is 286 g/mol. The number of aromatic nitrogens is 1. The molecule has 0 saturated heterocycles. The molecule has 0 radical (unpaired) electrons. The summed E-state index contributed by atoms with van der Waals surface area (Å²) < 4.78 is 7.85. The van der Waals surface area contributed by atoms with Crippen molar-refractivity contribution in [3.8, 4) is 5.75 Å². The van der Waals surface area contributed by atoms with Gasteiger partial charge in [0.2, 0.25) is 0 Å². The molecule has 0 fully saturated rings. The van der Waals surface area contributed by atoms with Gasteiger partial charge < -0.3 is 14.4 Å². The standard InChI is InChI=1S/C17H16ClNO2/c1-19-14(10-20)9-15-16(19)7-13(18)8-17(15)21-11-12-5-3-2-4-6-12/h2-9,20H,10-11H2,1H3. The number of benzene rings is 2. The van der Waals surface area contributed by atoms with Gasteiger partial charge in [0.05, 0.1) is 12.1 Å². The van der Waals surface area contributed by atoms with Gasteiger partial charge >= 0.3 is 0 Å². The van der Waals surface area contributed by atoms with Gasteiger partial charge in [-0.05, 0) is 23.8 Å². The van der Waals surface area contributed by atoms with Gasteiger partial charge in [-0.2, -0.15) is 0 Å². The first-order valence-corrected chi connectivity index (χ1v) is 7.12. The van der Waals surface area contributed by atoms with Crippen molar-refractivity contribution in [1.82, 2.24) is 4.57 Å². The van der Waals surface area contributed by atoms with Crippen molar-refractivity contribution in [2.24, 2.45) is 7.05 Å². The van der Waals surface area contributed by atoms with Gasteiger partial charge in [-0.1, -0.05) is 41.9 Å². The Balaban J connectivity index is 1.98. The molecule has 2 aromatic carbocycles. The average molecular weight is 302 g/mol. The molecule has 0 amide bonds. The molecule has 1 heterocycles. The summed E-state index contributed by atoms with van der Waals surface area (Å²) in [7, 11) is 1.91. The number of nitrogens with zero attached hydrogens (tertiary/aromatic N) is 1. The van der Waals surface area contributed by atoms with Gasteiger partial charge in [0.15, 0.2) is 0 Å². The van der Waals surface area contributed by atoms with Gasteiger partial charge in [-0.3, -0.25) is 0 Å². The van der Waals surface area contributed by atoms with E-state index < -0.39 is 0 Å². The molecule has 0 atom stereocenters. The van der Waals surface area contributed by atoms with E-state index in [1.807, 2.05) is 60.1 Å².